The van der Waals surface area contributed by atoms with E-state index in [0.29, 0.717) is 20.8 Å². The number of thioether (sulfide) groups is 1. The molecule has 0 radical (unpaired) electrons. The van der Waals surface area contributed by atoms with Crippen LogP contribution in [0.4, 0.5) is 5.69 Å². The predicted molar refractivity (Wildman–Crippen MR) is 113 cm³/mol. The highest BCUT2D eigenvalue weighted by atomic mass is 35.5. The van der Waals surface area contributed by atoms with Crippen LogP contribution < -0.4 is 5.32 Å². The van der Waals surface area contributed by atoms with E-state index in [1.807, 2.05) is 18.2 Å². The molecule has 1 amide bonds. The summed E-state index contributed by atoms with van der Waals surface area (Å²) in [4.78, 5) is 12.1. The highest BCUT2D eigenvalue weighted by molar-refractivity contribution is 7.99. The molecule has 138 valence electrons. The molecule has 0 aliphatic carbocycles. The maximum absolute atomic E-state index is 12.1. The number of hydrogen-bond acceptors (Lipinski definition) is 4. The molecule has 0 atom stereocenters. The highest BCUT2D eigenvalue weighted by Crippen LogP contribution is 2.25. The summed E-state index contributed by atoms with van der Waals surface area (Å²) < 4.78 is 0. The van der Waals surface area contributed by atoms with Gasteiger partial charge in [0.15, 0.2) is 0 Å². The SMILES string of the molecule is Cc1ccc(-c2ccc(SCC(=O)Nc3cc(Cl)cc(Cl)c3)nn2)c(C)c1. The van der Waals surface area contributed by atoms with Gasteiger partial charge in [-0.15, -0.1) is 10.2 Å². The van der Waals surface area contributed by atoms with Crippen molar-refractivity contribution in [1.29, 1.82) is 0 Å². The number of benzene rings is 2. The molecule has 2 aromatic carbocycles. The van der Waals surface area contributed by atoms with Crippen LogP contribution in [0.15, 0.2) is 53.6 Å². The van der Waals surface area contributed by atoms with Crippen molar-refractivity contribution in [2.75, 3.05) is 11.1 Å². The number of anilines is 1. The summed E-state index contributed by atoms with van der Waals surface area (Å²) in [6.07, 6.45) is 0. The van der Waals surface area contributed by atoms with Crippen molar-refractivity contribution < 1.29 is 4.79 Å². The van der Waals surface area contributed by atoms with Crippen molar-refractivity contribution in [2.24, 2.45) is 0 Å². The molecule has 0 aliphatic heterocycles. The van der Waals surface area contributed by atoms with Gasteiger partial charge in [-0.2, -0.15) is 0 Å². The van der Waals surface area contributed by atoms with E-state index < -0.39 is 0 Å². The quantitative estimate of drug-likeness (QED) is 0.533. The van der Waals surface area contributed by atoms with Gasteiger partial charge in [-0.25, -0.2) is 0 Å². The predicted octanol–water partition coefficient (Wildman–Crippen LogP) is 5.80. The second-order valence-corrected chi connectivity index (χ2v) is 7.94. The molecule has 1 N–H and O–H groups in total. The smallest absolute Gasteiger partial charge is 0.234 e. The number of nitrogens with zero attached hydrogens (tertiary/aromatic N) is 2. The minimum atomic E-state index is -0.168. The minimum absolute atomic E-state index is 0.168. The molecule has 0 unspecified atom stereocenters. The second-order valence-electron chi connectivity index (χ2n) is 6.07. The van der Waals surface area contributed by atoms with Crippen molar-refractivity contribution in [3.63, 3.8) is 0 Å². The molecule has 3 rings (SSSR count). The molecule has 0 aliphatic rings. The van der Waals surface area contributed by atoms with Crippen LogP contribution in [0.2, 0.25) is 10.0 Å². The van der Waals surface area contributed by atoms with Gasteiger partial charge in [-0.3, -0.25) is 4.79 Å². The fourth-order valence-electron chi connectivity index (χ4n) is 2.60. The maximum atomic E-state index is 12.1. The molecular weight excluding hydrogens is 401 g/mol. The lowest BCUT2D eigenvalue weighted by atomic mass is 10.0. The molecule has 0 bridgehead atoms. The first kappa shape index (κ1) is 19.7. The number of rotatable bonds is 5. The Morgan fingerprint density at radius 1 is 1.00 bits per heavy atom. The Labute approximate surface area is 172 Å². The zero-order chi connectivity index (χ0) is 19.4. The topological polar surface area (TPSA) is 54.9 Å². The number of hydrogen-bond donors (Lipinski definition) is 1. The first-order valence-corrected chi connectivity index (χ1v) is 9.95. The first-order valence-electron chi connectivity index (χ1n) is 8.21. The zero-order valence-corrected chi connectivity index (χ0v) is 17.1. The molecule has 3 aromatic rings. The van der Waals surface area contributed by atoms with E-state index in [4.69, 9.17) is 23.2 Å². The summed E-state index contributed by atoms with van der Waals surface area (Å²) in [5.41, 5.74) is 4.80. The monoisotopic (exact) mass is 417 g/mol. The summed E-state index contributed by atoms with van der Waals surface area (Å²) in [6, 6.07) is 14.9. The van der Waals surface area contributed by atoms with Crippen LogP contribution >= 0.6 is 35.0 Å². The van der Waals surface area contributed by atoms with Gasteiger partial charge in [0.2, 0.25) is 5.91 Å². The zero-order valence-electron chi connectivity index (χ0n) is 14.8. The van der Waals surface area contributed by atoms with Crippen LogP contribution in [0.3, 0.4) is 0 Å². The first-order chi connectivity index (χ1) is 12.9. The third-order valence-electron chi connectivity index (χ3n) is 3.80. The van der Waals surface area contributed by atoms with Crippen LogP contribution in [-0.2, 0) is 4.79 Å². The van der Waals surface area contributed by atoms with Crippen LogP contribution in [0.25, 0.3) is 11.3 Å². The van der Waals surface area contributed by atoms with E-state index >= 15 is 0 Å². The fraction of sp³-hybridized carbons (Fsp3) is 0.150. The van der Waals surface area contributed by atoms with Gasteiger partial charge in [0, 0.05) is 21.3 Å². The number of amides is 1. The summed E-state index contributed by atoms with van der Waals surface area (Å²) in [5, 5.41) is 12.9. The standard InChI is InChI=1S/C20H17Cl2N3OS/c1-12-3-4-17(13(2)7-12)18-5-6-20(25-24-18)27-11-19(26)23-16-9-14(21)8-15(22)10-16/h3-10H,11H2,1-2H3,(H,23,26). The lowest BCUT2D eigenvalue weighted by Crippen LogP contribution is -2.14. The third kappa shape index (κ3) is 5.45. The molecule has 0 saturated carbocycles. The average molecular weight is 418 g/mol. The Kier molecular flexibility index (Phi) is 6.37. The van der Waals surface area contributed by atoms with E-state index in [0.717, 1.165) is 16.8 Å². The lowest BCUT2D eigenvalue weighted by Gasteiger charge is -2.07. The van der Waals surface area contributed by atoms with E-state index in [-0.39, 0.29) is 11.7 Å². The largest absolute Gasteiger partial charge is 0.325 e. The minimum Gasteiger partial charge on any atom is -0.325 e. The van der Waals surface area contributed by atoms with Crippen molar-refractivity contribution >= 4 is 46.6 Å². The fourth-order valence-corrected chi connectivity index (χ4v) is 3.74. The summed E-state index contributed by atoms with van der Waals surface area (Å²) in [6.45, 7) is 4.11. The molecule has 0 saturated heterocycles. The number of carbonyl (C=O) groups is 1. The molecular formula is C20H17Cl2N3OS. The van der Waals surface area contributed by atoms with Crippen LogP contribution in [0, 0.1) is 13.8 Å². The maximum Gasteiger partial charge on any atom is 0.234 e. The Morgan fingerprint density at radius 2 is 1.74 bits per heavy atom. The normalized spacial score (nSPS) is 10.7. The van der Waals surface area contributed by atoms with Crippen LogP contribution in [-0.4, -0.2) is 21.9 Å². The van der Waals surface area contributed by atoms with Gasteiger partial charge >= 0.3 is 0 Å². The number of nitrogens with one attached hydrogen (secondary N) is 1. The van der Waals surface area contributed by atoms with E-state index in [9.17, 15) is 4.79 Å². The van der Waals surface area contributed by atoms with Crippen molar-refractivity contribution in [2.45, 2.75) is 18.9 Å². The van der Waals surface area contributed by atoms with Crippen LogP contribution in [0.1, 0.15) is 11.1 Å². The van der Waals surface area contributed by atoms with E-state index in [2.05, 4.69) is 41.5 Å². The lowest BCUT2D eigenvalue weighted by molar-refractivity contribution is -0.113. The number of aryl methyl sites for hydroxylation is 2. The molecule has 1 aromatic heterocycles. The Hall–Kier alpha value is -2.08. The highest BCUT2D eigenvalue weighted by Gasteiger charge is 2.08. The Bertz CT molecular complexity index is 957. The van der Waals surface area contributed by atoms with E-state index in [1.54, 1.807) is 18.2 Å². The molecule has 7 heteroatoms. The van der Waals surface area contributed by atoms with Crippen molar-refractivity contribution in [3.8, 4) is 11.3 Å². The van der Waals surface area contributed by atoms with E-state index in [1.165, 1.54) is 17.3 Å². The van der Waals surface area contributed by atoms with Gasteiger partial charge in [-0.1, -0.05) is 58.7 Å². The molecule has 1 heterocycles. The third-order valence-corrected chi connectivity index (χ3v) is 5.15. The summed E-state index contributed by atoms with van der Waals surface area (Å²) >= 11 is 13.2. The molecule has 4 nitrogen and oxygen atoms in total. The van der Waals surface area contributed by atoms with Gasteiger partial charge in [0.25, 0.3) is 0 Å². The summed E-state index contributed by atoms with van der Waals surface area (Å²) in [7, 11) is 0. The Morgan fingerprint density at radius 3 is 2.37 bits per heavy atom. The van der Waals surface area contributed by atoms with Crippen LogP contribution in [0.5, 0.6) is 0 Å². The molecule has 0 fully saturated rings. The number of carbonyl (C=O) groups excluding carboxylic acids is 1. The average Bonchev–Trinajstić information content (AvgIpc) is 2.60. The van der Waals surface area contributed by atoms with Gasteiger partial charge in [0.1, 0.15) is 5.03 Å². The van der Waals surface area contributed by atoms with Gasteiger partial charge in [0.05, 0.1) is 11.4 Å². The Balaban J connectivity index is 1.60. The molecule has 0 spiro atoms. The van der Waals surface area contributed by atoms with Gasteiger partial charge in [-0.05, 0) is 49.7 Å². The second kappa shape index (κ2) is 8.74. The number of aromatic nitrogens is 2. The molecule has 27 heavy (non-hydrogen) atoms. The number of halogens is 2. The van der Waals surface area contributed by atoms with Crippen molar-refractivity contribution in [3.05, 3.63) is 69.7 Å². The van der Waals surface area contributed by atoms with Crippen molar-refractivity contribution in [1.82, 2.24) is 10.2 Å². The summed E-state index contributed by atoms with van der Waals surface area (Å²) in [5.74, 6) is 0.0421. The van der Waals surface area contributed by atoms with Gasteiger partial charge < -0.3 is 5.32 Å².